The van der Waals surface area contributed by atoms with Crippen LogP contribution in [0.15, 0.2) is 18.2 Å². The first kappa shape index (κ1) is 26.0. The Labute approximate surface area is 183 Å². The number of hydrogen-bond donors (Lipinski definition) is 1. The number of methoxy groups -OCH3 is 1. The molecule has 6 nitrogen and oxygen atoms in total. The highest BCUT2D eigenvalue weighted by Crippen LogP contribution is 2.43. The first-order valence-electron chi connectivity index (χ1n) is 9.20. The summed E-state index contributed by atoms with van der Waals surface area (Å²) in [6.07, 6.45) is 0.357. The normalized spacial score (nSPS) is 19.3. The number of hydrogen-bond acceptors (Lipinski definition) is 5. The van der Waals surface area contributed by atoms with Gasteiger partial charge >= 0.3 is 7.12 Å². The Morgan fingerprint density at radius 2 is 1.86 bits per heavy atom. The van der Waals surface area contributed by atoms with E-state index in [4.69, 9.17) is 36.1 Å². The van der Waals surface area contributed by atoms with Gasteiger partial charge in [0.05, 0.1) is 30.3 Å². The van der Waals surface area contributed by atoms with E-state index < -0.39 is 41.8 Å². The summed E-state index contributed by atoms with van der Waals surface area (Å²) >= 11 is 5.76. The second-order valence-corrected chi connectivity index (χ2v) is 8.40. The number of halogens is 3. The number of ether oxygens (including phenoxy) is 2. The summed E-state index contributed by atoms with van der Waals surface area (Å²) < 4.78 is 36.9. The standard InChI is InChI=1S/C19H28BClFNO5.ClH/c1-18(2)19(3,4)28-20(27-18)14(13(11-25-5)17(23)24)8-9-26-16-7-6-12(21)10-15(16)22;/h6-7,10,13-14H,8-9,11H2,1-5H3,(H2,23,24);1H/t13?,14-;/m0./s1. The highest BCUT2D eigenvalue weighted by molar-refractivity contribution is 6.48. The topological polar surface area (TPSA) is 80.0 Å². The minimum Gasteiger partial charge on any atom is -0.491 e. The predicted octanol–water partition coefficient (Wildman–Crippen LogP) is 3.88. The lowest BCUT2D eigenvalue weighted by molar-refractivity contribution is -0.123. The van der Waals surface area contributed by atoms with Gasteiger partial charge in [-0.25, -0.2) is 4.39 Å². The van der Waals surface area contributed by atoms with Crippen LogP contribution in [0.25, 0.3) is 0 Å². The van der Waals surface area contributed by atoms with Gasteiger partial charge in [0.25, 0.3) is 0 Å². The number of primary amides is 1. The van der Waals surface area contributed by atoms with Gasteiger partial charge in [-0.05, 0) is 52.3 Å². The average Bonchev–Trinajstić information content (AvgIpc) is 2.79. The van der Waals surface area contributed by atoms with Crippen molar-refractivity contribution in [3.8, 4) is 5.75 Å². The lowest BCUT2D eigenvalue weighted by atomic mass is 9.63. The molecule has 0 spiro atoms. The average molecular weight is 452 g/mol. The molecule has 0 radical (unpaired) electrons. The van der Waals surface area contributed by atoms with Crippen LogP contribution < -0.4 is 10.5 Å². The van der Waals surface area contributed by atoms with Crippen LogP contribution in [0.2, 0.25) is 10.8 Å². The Morgan fingerprint density at radius 1 is 1.28 bits per heavy atom. The summed E-state index contributed by atoms with van der Waals surface area (Å²) in [7, 11) is 0.827. The highest BCUT2D eigenvalue weighted by Gasteiger charge is 2.55. The summed E-state index contributed by atoms with van der Waals surface area (Å²) in [5.41, 5.74) is 4.48. The van der Waals surface area contributed by atoms with Crippen molar-refractivity contribution in [1.82, 2.24) is 0 Å². The molecule has 1 aromatic rings. The minimum atomic E-state index is -0.670. The molecule has 2 rings (SSSR count). The molecule has 1 unspecified atom stereocenters. The Morgan fingerprint density at radius 3 is 2.34 bits per heavy atom. The summed E-state index contributed by atoms with van der Waals surface area (Å²) in [4.78, 5) is 12.1. The van der Waals surface area contributed by atoms with Gasteiger partial charge in [0.15, 0.2) is 11.6 Å². The van der Waals surface area contributed by atoms with Crippen molar-refractivity contribution >= 4 is 37.0 Å². The molecule has 10 heteroatoms. The van der Waals surface area contributed by atoms with E-state index in [1.165, 1.54) is 19.2 Å². The molecule has 1 aliphatic heterocycles. The molecule has 2 atom stereocenters. The van der Waals surface area contributed by atoms with Crippen LogP contribution in [0.3, 0.4) is 0 Å². The molecule has 1 saturated heterocycles. The Bertz CT molecular complexity index is 691. The van der Waals surface area contributed by atoms with Gasteiger partial charge in [-0.15, -0.1) is 12.4 Å². The summed E-state index contributed by atoms with van der Waals surface area (Å²) in [6.45, 7) is 7.98. The van der Waals surface area contributed by atoms with Crippen LogP contribution in [-0.4, -0.2) is 44.6 Å². The third-order valence-electron chi connectivity index (χ3n) is 5.45. The summed E-state index contributed by atoms with van der Waals surface area (Å²) in [6, 6.07) is 4.19. The quantitative estimate of drug-likeness (QED) is 0.576. The van der Waals surface area contributed by atoms with Gasteiger partial charge in [0, 0.05) is 17.9 Å². The van der Waals surface area contributed by atoms with Crippen LogP contribution in [0, 0.1) is 11.7 Å². The first-order chi connectivity index (χ1) is 13.0. The van der Waals surface area contributed by atoms with Crippen molar-refractivity contribution in [2.24, 2.45) is 11.7 Å². The van der Waals surface area contributed by atoms with Crippen LogP contribution in [0.5, 0.6) is 5.75 Å². The Kier molecular flexibility index (Phi) is 9.24. The molecule has 0 aliphatic carbocycles. The van der Waals surface area contributed by atoms with Crippen molar-refractivity contribution < 1.29 is 28.0 Å². The lowest BCUT2D eigenvalue weighted by Gasteiger charge is -2.32. The van der Waals surface area contributed by atoms with Crippen molar-refractivity contribution in [2.45, 2.75) is 51.1 Å². The second-order valence-electron chi connectivity index (χ2n) is 7.96. The van der Waals surface area contributed by atoms with Gasteiger partial charge in [-0.1, -0.05) is 11.6 Å². The van der Waals surface area contributed by atoms with E-state index in [-0.39, 0.29) is 36.4 Å². The third-order valence-corrected chi connectivity index (χ3v) is 5.69. The molecule has 1 amide bonds. The SMILES string of the molecule is COCC(C(N)=O)[C@H](CCOc1ccc(Cl)cc1F)B1OC(C)(C)C(C)(C)O1.Cl. The number of carbonyl (C=O) groups excluding carboxylic acids is 1. The number of carbonyl (C=O) groups is 1. The molecule has 1 fully saturated rings. The zero-order valence-electron chi connectivity index (χ0n) is 17.4. The van der Waals surface area contributed by atoms with Gasteiger partial charge in [0.1, 0.15) is 0 Å². The van der Waals surface area contributed by atoms with Gasteiger partial charge in [-0.3, -0.25) is 4.79 Å². The molecule has 1 aliphatic rings. The van der Waals surface area contributed by atoms with E-state index in [1.807, 2.05) is 27.7 Å². The molecular formula is C19H29BCl2FNO5. The number of benzene rings is 1. The summed E-state index contributed by atoms with van der Waals surface area (Å²) in [5.74, 6) is -2.05. The van der Waals surface area contributed by atoms with E-state index in [9.17, 15) is 9.18 Å². The maximum absolute atomic E-state index is 13.9. The molecule has 1 aromatic carbocycles. The van der Waals surface area contributed by atoms with Gasteiger partial charge in [-0.2, -0.15) is 0 Å². The highest BCUT2D eigenvalue weighted by atomic mass is 35.5. The van der Waals surface area contributed by atoms with Crippen LogP contribution in [0.4, 0.5) is 4.39 Å². The second kappa shape index (κ2) is 10.3. The lowest BCUT2D eigenvalue weighted by Crippen LogP contribution is -2.41. The number of nitrogens with two attached hydrogens (primary N) is 1. The van der Waals surface area contributed by atoms with E-state index in [0.717, 1.165) is 0 Å². The Hall–Kier alpha value is -1.06. The smallest absolute Gasteiger partial charge is 0.462 e. The molecule has 29 heavy (non-hydrogen) atoms. The third kappa shape index (κ3) is 6.21. The zero-order chi connectivity index (χ0) is 21.1. The van der Waals surface area contributed by atoms with E-state index >= 15 is 0 Å². The zero-order valence-corrected chi connectivity index (χ0v) is 18.9. The summed E-state index contributed by atoms with van der Waals surface area (Å²) in [5, 5.41) is 0.286. The van der Waals surface area contributed by atoms with Crippen LogP contribution in [-0.2, 0) is 18.8 Å². The van der Waals surface area contributed by atoms with Gasteiger partial charge in [0.2, 0.25) is 5.91 Å². The van der Waals surface area contributed by atoms with E-state index in [1.54, 1.807) is 6.07 Å². The van der Waals surface area contributed by atoms with E-state index in [2.05, 4.69) is 0 Å². The van der Waals surface area contributed by atoms with Crippen molar-refractivity contribution in [3.63, 3.8) is 0 Å². The van der Waals surface area contributed by atoms with Crippen LogP contribution in [0.1, 0.15) is 34.1 Å². The maximum atomic E-state index is 13.9. The number of amides is 1. The fourth-order valence-electron chi connectivity index (χ4n) is 3.08. The fourth-order valence-corrected chi connectivity index (χ4v) is 3.24. The van der Waals surface area contributed by atoms with Crippen molar-refractivity contribution in [2.75, 3.05) is 20.3 Å². The van der Waals surface area contributed by atoms with Crippen molar-refractivity contribution in [3.05, 3.63) is 29.0 Å². The number of rotatable bonds is 9. The van der Waals surface area contributed by atoms with Gasteiger partial charge < -0.3 is 24.5 Å². The predicted molar refractivity (Wildman–Crippen MR) is 113 cm³/mol. The minimum absolute atomic E-state index is 0. The van der Waals surface area contributed by atoms with E-state index in [0.29, 0.717) is 6.42 Å². The molecule has 2 N–H and O–H groups in total. The molecule has 164 valence electrons. The molecule has 0 saturated carbocycles. The largest absolute Gasteiger partial charge is 0.491 e. The first-order valence-corrected chi connectivity index (χ1v) is 9.58. The van der Waals surface area contributed by atoms with Crippen molar-refractivity contribution in [1.29, 1.82) is 0 Å². The molecular weight excluding hydrogens is 423 g/mol. The maximum Gasteiger partial charge on any atom is 0.462 e. The molecule has 0 aromatic heterocycles. The fraction of sp³-hybridized carbons (Fsp3) is 0.632. The molecule has 0 bridgehead atoms. The monoisotopic (exact) mass is 451 g/mol. The molecule has 1 heterocycles. The Balaban J connectivity index is 0.00000420. The van der Waals surface area contributed by atoms with Crippen LogP contribution >= 0.6 is 24.0 Å².